The minimum atomic E-state index is -1.24. The van der Waals surface area contributed by atoms with Gasteiger partial charge in [-0.2, -0.15) is 0 Å². The zero-order valence-corrected chi connectivity index (χ0v) is 12.5. The zero-order chi connectivity index (χ0) is 14.4. The normalized spacial score (nSPS) is 16.6. The van der Waals surface area contributed by atoms with Gasteiger partial charge in [-0.3, -0.25) is 13.6 Å². The van der Waals surface area contributed by atoms with Crippen LogP contribution in [0.3, 0.4) is 0 Å². The maximum Gasteiger partial charge on any atom is 0.240 e. The molecule has 0 radical (unpaired) electrons. The van der Waals surface area contributed by atoms with Crippen molar-refractivity contribution in [2.24, 2.45) is 0 Å². The lowest BCUT2D eigenvalue weighted by molar-refractivity contribution is -0.121. The van der Waals surface area contributed by atoms with E-state index in [1.165, 1.54) is 35.6 Å². The lowest BCUT2D eigenvalue weighted by atomic mass is 9.97. The van der Waals surface area contributed by atoms with Crippen LogP contribution in [0.4, 0.5) is 0 Å². The van der Waals surface area contributed by atoms with Gasteiger partial charge in [0.25, 0.3) is 0 Å². The zero-order valence-electron chi connectivity index (χ0n) is 11.7. The molecule has 0 aromatic carbocycles. The standard InChI is InChI=1S/C13H20N4O2S/c1-20(19)13-16-15-10-17(13)9-12(18)14-8-7-11-5-3-2-4-6-11/h5,10H,2-4,6-9H2,1H3,(H,14,18)/t20-/m1/s1. The number of allylic oxidation sites excluding steroid dienone is 1. The van der Waals surface area contributed by atoms with Crippen molar-refractivity contribution >= 4 is 16.7 Å². The summed E-state index contributed by atoms with van der Waals surface area (Å²) in [5.41, 5.74) is 1.44. The summed E-state index contributed by atoms with van der Waals surface area (Å²) >= 11 is 0. The van der Waals surface area contributed by atoms with Crippen molar-refractivity contribution in [3.05, 3.63) is 18.0 Å². The fraction of sp³-hybridized carbons (Fsp3) is 0.615. The molecule has 20 heavy (non-hydrogen) atoms. The molecule has 0 unspecified atom stereocenters. The molecule has 1 atom stereocenters. The molecule has 1 amide bonds. The van der Waals surface area contributed by atoms with E-state index in [1.54, 1.807) is 0 Å². The lowest BCUT2D eigenvalue weighted by Gasteiger charge is -2.13. The third-order valence-corrected chi connectivity index (χ3v) is 4.13. The van der Waals surface area contributed by atoms with Crippen molar-refractivity contribution in [2.75, 3.05) is 12.8 Å². The Morgan fingerprint density at radius 3 is 3.05 bits per heavy atom. The van der Waals surface area contributed by atoms with Crippen molar-refractivity contribution in [1.82, 2.24) is 20.1 Å². The molecular formula is C13H20N4O2S. The number of nitrogens with one attached hydrogen (secondary N) is 1. The van der Waals surface area contributed by atoms with Gasteiger partial charge >= 0.3 is 0 Å². The molecule has 7 heteroatoms. The van der Waals surface area contributed by atoms with Crippen LogP contribution >= 0.6 is 0 Å². The highest BCUT2D eigenvalue weighted by Gasteiger charge is 2.11. The van der Waals surface area contributed by atoms with Crippen molar-refractivity contribution in [3.8, 4) is 0 Å². The van der Waals surface area contributed by atoms with E-state index in [0.717, 1.165) is 19.3 Å². The second-order valence-electron chi connectivity index (χ2n) is 4.90. The first kappa shape index (κ1) is 14.9. The molecule has 1 N–H and O–H groups in total. The summed E-state index contributed by atoms with van der Waals surface area (Å²) in [6.07, 6.45) is 11.0. The van der Waals surface area contributed by atoms with E-state index in [9.17, 15) is 9.00 Å². The Hall–Kier alpha value is -1.50. The molecule has 0 fully saturated rings. The van der Waals surface area contributed by atoms with E-state index in [-0.39, 0.29) is 12.5 Å². The Morgan fingerprint density at radius 2 is 2.35 bits per heavy atom. The highest BCUT2D eigenvalue weighted by atomic mass is 32.2. The summed E-state index contributed by atoms with van der Waals surface area (Å²) < 4.78 is 12.9. The fourth-order valence-electron chi connectivity index (χ4n) is 2.28. The predicted molar refractivity (Wildman–Crippen MR) is 76.5 cm³/mol. The highest BCUT2D eigenvalue weighted by Crippen LogP contribution is 2.19. The van der Waals surface area contributed by atoms with Gasteiger partial charge in [-0.25, -0.2) is 0 Å². The van der Waals surface area contributed by atoms with Gasteiger partial charge in [0.2, 0.25) is 11.1 Å². The summed E-state index contributed by atoms with van der Waals surface area (Å²) in [6, 6.07) is 0. The van der Waals surface area contributed by atoms with Crippen molar-refractivity contribution in [2.45, 2.75) is 43.8 Å². The van der Waals surface area contributed by atoms with Gasteiger partial charge in [0.1, 0.15) is 12.9 Å². The van der Waals surface area contributed by atoms with Gasteiger partial charge in [0.05, 0.1) is 10.8 Å². The first-order valence-corrected chi connectivity index (χ1v) is 8.38. The van der Waals surface area contributed by atoms with Crippen molar-refractivity contribution in [1.29, 1.82) is 0 Å². The average molecular weight is 296 g/mol. The molecule has 0 saturated carbocycles. The van der Waals surface area contributed by atoms with E-state index < -0.39 is 10.8 Å². The molecule has 0 aliphatic heterocycles. The van der Waals surface area contributed by atoms with Gasteiger partial charge in [0.15, 0.2) is 0 Å². The van der Waals surface area contributed by atoms with E-state index >= 15 is 0 Å². The van der Waals surface area contributed by atoms with Crippen molar-refractivity contribution < 1.29 is 9.00 Å². The number of amides is 1. The maximum atomic E-state index is 11.8. The molecule has 1 aromatic rings. The number of aromatic nitrogens is 3. The molecule has 1 heterocycles. The Balaban J connectivity index is 1.76. The third-order valence-electron chi connectivity index (χ3n) is 3.30. The monoisotopic (exact) mass is 296 g/mol. The second-order valence-corrected chi connectivity index (χ2v) is 6.18. The molecule has 0 bridgehead atoms. The first-order valence-electron chi connectivity index (χ1n) is 6.82. The highest BCUT2D eigenvalue weighted by molar-refractivity contribution is 7.84. The molecular weight excluding hydrogens is 276 g/mol. The van der Waals surface area contributed by atoms with E-state index in [1.807, 2.05) is 0 Å². The van der Waals surface area contributed by atoms with Crippen LogP contribution < -0.4 is 5.32 Å². The molecule has 6 nitrogen and oxygen atoms in total. The quantitative estimate of drug-likeness (QED) is 0.795. The molecule has 0 spiro atoms. The minimum Gasteiger partial charge on any atom is -0.354 e. The Bertz CT molecular complexity index is 524. The van der Waals surface area contributed by atoms with Gasteiger partial charge in [-0.15, -0.1) is 10.2 Å². The molecule has 1 aliphatic rings. The van der Waals surface area contributed by atoms with Crippen LogP contribution in [0.25, 0.3) is 0 Å². The Labute approximate surface area is 121 Å². The number of carbonyl (C=O) groups excluding carboxylic acids is 1. The van der Waals surface area contributed by atoms with Crippen LogP contribution in [0.1, 0.15) is 32.1 Å². The lowest BCUT2D eigenvalue weighted by Crippen LogP contribution is -2.29. The molecule has 1 aromatic heterocycles. The fourth-order valence-corrected chi connectivity index (χ4v) is 2.88. The van der Waals surface area contributed by atoms with E-state index in [0.29, 0.717) is 11.7 Å². The number of rotatable bonds is 6. The summed E-state index contributed by atoms with van der Waals surface area (Å²) in [5.74, 6) is -0.104. The number of carbonyl (C=O) groups is 1. The SMILES string of the molecule is C[S@@](=O)c1nncn1CC(=O)NCCC1=CCCCC1. The predicted octanol–water partition coefficient (Wildman–Crippen LogP) is 1.02. The third kappa shape index (κ3) is 4.26. The van der Waals surface area contributed by atoms with Gasteiger partial charge in [-0.05, 0) is 32.1 Å². The van der Waals surface area contributed by atoms with Crippen LogP contribution in [0.5, 0.6) is 0 Å². The summed E-state index contributed by atoms with van der Waals surface area (Å²) in [4.78, 5) is 11.8. The Kier molecular flexibility index (Phi) is 5.46. The van der Waals surface area contributed by atoms with Crippen molar-refractivity contribution in [3.63, 3.8) is 0 Å². The van der Waals surface area contributed by atoms with Gasteiger partial charge < -0.3 is 5.32 Å². The van der Waals surface area contributed by atoms with E-state index in [2.05, 4.69) is 21.6 Å². The molecule has 0 saturated heterocycles. The number of nitrogens with zero attached hydrogens (tertiary/aromatic N) is 3. The van der Waals surface area contributed by atoms with Crippen LogP contribution in [0, 0.1) is 0 Å². The largest absolute Gasteiger partial charge is 0.354 e. The molecule has 1 aliphatic carbocycles. The van der Waals surface area contributed by atoms with Crippen LogP contribution in [-0.2, 0) is 22.1 Å². The van der Waals surface area contributed by atoms with Crippen LogP contribution in [-0.4, -0.2) is 37.7 Å². The summed E-state index contributed by atoms with van der Waals surface area (Å²) in [5, 5.41) is 10.6. The average Bonchev–Trinajstić information content (AvgIpc) is 2.88. The number of hydrogen-bond donors (Lipinski definition) is 1. The van der Waals surface area contributed by atoms with Crippen LogP contribution in [0.2, 0.25) is 0 Å². The first-order chi connectivity index (χ1) is 9.66. The number of hydrogen-bond acceptors (Lipinski definition) is 4. The molecule has 2 rings (SSSR count). The second kappa shape index (κ2) is 7.33. The van der Waals surface area contributed by atoms with Gasteiger partial charge in [-0.1, -0.05) is 11.6 Å². The molecule has 110 valence electrons. The smallest absolute Gasteiger partial charge is 0.240 e. The topological polar surface area (TPSA) is 76.9 Å². The Morgan fingerprint density at radius 1 is 1.50 bits per heavy atom. The van der Waals surface area contributed by atoms with Gasteiger partial charge in [0, 0.05) is 12.8 Å². The summed E-state index contributed by atoms with van der Waals surface area (Å²) in [7, 11) is -1.24. The van der Waals surface area contributed by atoms with E-state index in [4.69, 9.17) is 0 Å². The minimum absolute atomic E-state index is 0.104. The maximum absolute atomic E-state index is 11.8. The van der Waals surface area contributed by atoms with Crippen LogP contribution in [0.15, 0.2) is 23.1 Å². The summed E-state index contributed by atoms with van der Waals surface area (Å²) in [6.45, 7) is 0.762.